The Morgan fingerprint density at radius 1 is 1.39 bits per heavy atom. The van der Waals surface area contributed by atoms with Crippen molar-refractivity contribution in [3.8, 4) is 0 Å². The molecule has 1 heterocycles. The largest absolute Gasteiger partial charge is 0.332 e. The van der Waals surface area contributed by atoms with Crippen LogP contribution in [0.2, 0.25) is 5.02 Å². The number of thiocarbonyl (C=S) groups is 1. The van der Waals surface area contributed by atoms with Crippen LogP contribution in [0.1, 0.15) is 5.69 Å². The summed E-state index contributed by atoms with van der Waals surface area (Å²) in [6.45, 7) is 1.92. The number of aromatic nitrogens is 2. The molecule has 0 bridgehead atoms. The van der Waals surface area contributed by atoms with E-state index in [1.165, 1.54) is 0 Å². The molecule has 6 heteroatoms. The molecule has 2 N–H and O–H groups in total. The summed E-state index contributed by atoms with van der Waals surface area (Å²) in [5.74, 6) is 0. The van der Waals surface area contributed by atoms with Crippen molar-refractivity contribution in [2.45, 2.75) is 6.92 Å². The van der Waals surface area contributed by atoms with Gasteiger partial charge in [0.2, 0.25) is 0 Å². The molecule has 2 aromatic rings. The van der Waals surface area contributed by atoms with Gasteiger partial charge < -0.3 is 10.6 Å². The first-order valence-electron chi connectivity index (χ1n) is 5.38. The van der Waals surface area contributed by atoms with Gasteiger partial charge >= 0.3 is 0 Å². The predicted octanol–water partition coefficient (Wildman–Crippen LogP) is 3.19. The van der Waals surface area contributed by atoms with Gasteiger partial charge in [-0.3, -0.25) is 4.68 Å². The van der Waals surface area contributed by atoms with E-state index in [0.717, 1.165) is 17.1 Å². The Morgan fingerprint density at radius 2 is 2.17 bits per heavy atom. The number of nitrogens with one attached hydrogen (secondary N) is 2. The number of hydrogen-bond acceptors (Lipinski definition) is 2. The molecule has 0 fully saturated rings. The van der Waals surface area contributed by atoms with Crippen molar-refractivity contribution >= 4 is 40.3 Å². The minimum atomic E-state index is 0.508. The van der Waals surface area contributed by atoms with E-state index in [2.05, 4.69) is 15.7 Å². The highest BCUT2D eigenvalue weighted by molar-refractivity contribution is 7.80. The van der Waals surface area contributed by atoms with E-state index in [0.29, 0.717) is 10.1 Å². The lowest BCUT2D eigenvalue weighted by molar-refractivity contribution is 0.756. The van der Waals surface area contributed by atoms with Crippen molar-refractivity contribution in [1.82, 2.24) is 9.78 Å². The van der Waals surface area contributed by atoms with E-state index < -0.39 is 0 Å². The van der Waals surface area contributed by atoms with Crippen molar-refractivity contribution in [1.29, 1.82) is 0 Å². The molecular weight excluding hydrogens is 268 g/mol. The predicted molar refractivity (Wildman–Crippen MR) is 79.2 cm³/mol. The Labute approximate surface area is 116 Å². The van der Waals surface area contributed by atoms with Crippen LogP contribution in [0.3, 0.4) is 0 Å². The summed E-state index contributed by atoms with van der Waals surface area (Å²) < 4.78 is 1.74. The Hall–Kier alpha value is -1.59. The second-order valence-corrected chi connectivity index (χ2v) is 4.74. The number of aryl methyl sites for hydroxylation is 2. The van der Waals surface area contributed by atoms with Crippen LogP contribution in [0.5, 0.6) is 0 Å². The van der Waals surface area contributed by atoms with Gasteiger partial charge in [-0.15, -0.1) is 0 Å². The fourth-order valence-electron chi connectivity index (χ4n) is 1.57. The standard InChI is InChI=1S/C12H13ClN4S/c1-8-11(7-17(2)16-8)15-12(18)14-10-5-3-4-9(13)6-10/h3-7H,1-2H3,(H2,14,15,18). The lowest BCUT2D eigenvalue weighted by Gasteiger charge is -2.09. The number of rotatable bonds is 2. The summed E-state index contributed by atoms with van der Waals surface area (Å²) in [6.07, 6.45) is 1.88. The molecule has 0 radical (unpaired) electrons. The van der Waals surface area contributed by atoms with Crippen molar-refractivity contribution in [3.05, 3.63) is 41.2 Å². The summed E-state index contributed by atoms with van der Waals surface area (Å²) in [7, 11) is 1.87. The van der Waals surface area contributed by atoms with E-state index >= 15 is 0 Å². The van der Waals surface area contributed by atoms with Gasteiger partial charge in [-0.2, -0.15) is 5.10 Å². The van der Waals surface area contributed by atoms with E-state index in [9.17, 15) is 0 Å². The Bertz CT molecular complexity index is 579. The summed E-state index contributed by atoms with van der Waals surface area (Å²) in [6, 6.07) is 7.39. The number of hydrogen-bond donors (Lipinski definition) is 2. The highest BCUT2D eigenvalue weighted by atomic mass is 35.5. The highest BCUT2D eigenvalue weighted by Gasteiger charge is 2.05. The maximum Gasteiger partial charge on any atom is 0.175 e. The van der Waals surface area contributed by atoms with Gasteiger partial charge in [-0.1, -0.05) is 17.7 Å². The number of anilines is 2. The summed E-state index contributed by atoms with van der Waals surface area (Å²) in [5, 5.41) is 11.6. The van der Waals surface area contributed by atoms with E-state index in [1.54, 1.807) is 4.68 Å². The minimum absolute atomic E-state index is 0.508. The molecule has 4 nitrogen and oxygen atoms in total. The van der Waals surface area contributed by atoms with Crippen molar-refractivity contribution < 1.29 is 0 Å². The van der Waals surface area contributed by atoms with Gasteiger partial charge in [-0.25, -0.2) is 0 Å². The molecule has 0 spiro atoms. The maximum absolute atomic E-state index is 5.90. The van der Waals surface area contributed by atoms with Crippen LogP contribution < -0.4 is 10.6 Å². The third kappa shape index (κ3) is 3.21. The van der Waals surface area contributed by atoms with Gasteiger partial charge in [0.1, 0.15) is 0 Å². The molecule has 0 unspecified atom stereocenters. The molecule has 0 saturated carbocycles. The Kier molecular flexibility index (Phi) is 3.84. The smallest absolute Gasteiger partial charge is 0.175 e. The molecule has 1 aromatic carbocycles. The van der Waals surface area contributed by atoms with Gasteiger partial charge in [0.15, 0.2) is 5.11 Å². The van der Waals surface area contributed by atoms with E-state index in [1.807, 2.05) is 44.4 Å². The Morgan fingerprint density at radius 3 is 2.78 bits per heavy atom. The van der Waals surface area contributed by atoms with E-state index in [4.69, 9.17) is 23.8 Å². The third-order valence-corrected chi connectivity index (χ3v) is 2.78. The topological polar surface area (TPSA) is 41.9 Å². The van der Waals surface area contributed by atoms with E-state index in [-0.39, 0.29) is 0 Å². The van der Waals surface area contributed by atoms with Crippen LogP contribution >= 0.6 is 23.8 Å². The average molecular weight is 281 g/mol. The number of benzene rings is 1. The summed E-state index contributed by atoms with van der Waals surface area (Å²) in [5.41, 5.74) is 2.63. The molecule has 0 aliphatic heterocycles. The highest BCUT2D eigenvalue weighted by Crippen LogP contribution is 2.16. The van der Waals surface area contributed by atoms with Gasteiger partial charge in [0.05, 0.1) is 11.4 Å². The van der Waals surface area contributed by atoms with Gasteiger partial charge in [0.25, 0.3) is 0 Å². The zero-order valence-electron chi connectivity index (χ0n) is 10.1. The molecule has 2 rings (SSSR count). The van der Waals surface area contributed by atoms with Crippen molar-refractivity contribution in [2.24, 2.45) is 7.05 Å². The fraction of sp³-hybridized carbons (Fsp3) is 0.167. The van der Waals surface area contributed by atoms with Crippen molar-refractivity contribution in [3.63, 3.8) is 0 Å². The zero-order valence-corrected chi connectivity index (χ0v) is 11.6. The molecule has 1 aromatic heterocycles. The number of nitrogens with zero attached hydrogens (tertiary/aromatic N) is 2. The average Bonchev–Trinajstić information content (AvgIpc) is 2.57. The third-order valence-electron chi connectivity index (χ3n) is 2.34. The minimum Gasteiger partial charge on any atom is -0.332 e. The van der Waals surface area contributed by atoms with Crippen LogP contribution in [0.15, 0.2) is 30.5 Å². The normalized spacial score (nSPS) is 10.2. The lowest BCUT2D eigenvalue weighted by atomic mass is 10.3. The van der Waals surface area contributed by atoms with Crippen LogP contribution in [-0.4, -0.2) is 14.9 Å². The first kappa shape index (κ1) is 12.9. The quantitative estimate of drug-likeness (QED) is 0.829. The van der Waals surface area contributed by atoms with Crippen LogP contribution in [0.25, 0.3) is 0 Å². The summed E-state index contributed by atoms with van der Waals surface area (Å²) in [4.78, 5) is 0. The molecule has 18 heavy (non-hydrogen) atoms. The van der Waals surface area contributed by atoms with Gasteiger partial charge in [-0.05, 0) is 37.3 Å². The molecule has 94 valence electrons. The van der Waals surface area contributed by atoms with Crippen molar-refractivity contribution in [2.75, 3.05) is 10.6 Å². The first-order chi connectivity index (χ1) is 8.54. The first-order valence-corrected chi connectivity index (χ1v) is 6.17. The summed E-state index contributed by atoms with van der Waals surface area (Å²) >= 11 is 11.1. The monoisotopic (exact) mass is 280 g/mol. The molecule has 0 saturated heterocycles. The van der Waals surface area contributed by atoms with Crippen LogP contribution in [0.4, 0.5) is 11.4 Å². The molecule has 0 atom stereocenters. The molecule has 0 aliphatic rings. The Balaban J connectivity index is 2.03. The molecule has 0 amide bonds. The SMILES string of the molecule is Cc1nn(C)cc1NC(=S)Nc1cccc(Cl)c1. The second kappa shape index (κ2) is 5.37. The van der Waals surface area contributed by atoms with Gasteiger partial charge in [0, 0.05) is 24.0 Å². The van der Waals surface area contributed by atoms with Crippen LogP contribution in [0, 0.1) is 6.92 Å². The maximum atomic E-state index is 5.90. The lowest BCUT2D eigenvalue weighted by Crippen LogP contribution is -2.19. The molecular formula is C12H13ClN4S. The van der Waals surface area contributed by atoms with Crippen LogP contribution in [-0.2, 0) is 7.05 Å². The second-order valence-electron chi connectivity index (χ2n) is 3.89. The zero-order chi connectivity index (χ0) is 13.1. The fourth-order valence-corrected chi connectivity index (χ4v) is 1.99. The molecule has 0 aliphatic carbocycles. The number of halogens is 1.